The molecule has 8 atom stereocenters. The van der Waals surface area contributed by atoms with Gasteiger partial charge in [-0.3, -0.25) is 59.8 Å². The van der Waals surface area contributed by atoms with Gasteiger partial charge >= 0.3 is 12.1 Å². The Morgan fingerprint density at radius 2 is 0.973 bits per heavy atom. The lowest BCUT2D eigenvalue weighted by molar-refractivity contribution is -0.154. The molecule has 6 fully saturated rings. The summed E-state index contributed by atoms with van der Waals surface area (Å²) in [6.45, 7) is 7.05. The minimum atomic E-state index is -1.77. The van der Waals surface area contributed by atoms with Crippen LogP contribution in [0.2, 0.25) is 0 Å². The maximum atomic E-state index is 16.2. The van der Waals surface area contributed by atoms with Crippen molar-refractivity contribution in [3.63, 3.8) is 0 Å². The molecule has 8 aliphatic rings. The van der Waals surface area contributed by atoms with Gasteiger partial charge in [-0.2, -0.15) is 0 Å². The van der Waals surface area contributed by atoms with Gasteiger partial charge in [-0.05, 0) is 51.0 Å². The molecule has 2 aromatic carbocycles. The molecular formula is C46H48F2N10O16. The molecule has 26 nitrogen and oxygen atoms in total. The third-order valence-corrected chi connectivity index (χ3v) is 14.9. The van der Waals surface area contributed by atoms with Crippen LogP contribution in [-0.2, 0) is 70.0 Å². The summed E-state index contributed by atoms with van der Waals surface area (Å²) in [4.78, 5) is 108. The first-order valence-corrected chi connectivity index (χ1v) is 23.6. The topological polar surface area (TPSA) is 305 Å². The Morgan fingerprint density at radius 1 is 0.608 bits per heavy atom. The fraction of sp³-hybridized carbons (Fsp3) is 0.522. The maximum absolute atomic E-state index is 16.2. The molecule has 4 N–H and O–H groups in total. The fourth-order valence-corrected chi connectivity index (χ4v) is 12.2. The van der Waals surface area contributed by atoms with Gasteiger partial charge in [0.2, 0.25) is 34.8 Å². The van der Waals surface area contributed by atoms with E-state index in [1.807, 2.05) is 0 Å². The molecule has 392 valence electrons. The highest BCUT2D eigenvalue weighted by Crippen LogP contribution is 2.52. The van der Waals surface area contributed by atoms with E-state index in [2.05, 4.69) is 31.6 Å². The van der Waals surface area contributed by atoms with Gasteiger partial charge in [0.25, 0.3) is 11.8 Å². The number of halogens is 2. The van der Waals surface area contributed by atoms with E-state index < -0.39 is 107 Å². The first kappa shape index (κ1) is 49.0. The van der Waals surface area contributed by atoms with Crippen molar-refractivity contribution in [1.29, 1.82) is 0 Å². The number of aromatic nitrogens is 2. The zero-order valence-electron chi connectivity index (χ0n) is 40.4. The predicted molar refractivity (Wildman–Crippen MR) is 244 cm³/mol. The molecule has 0 bridgehead atoms. The molecule has 0 aliphatic carbocycles. The van der Waals surface area contributed by atoms with Gasteiger partial charge < -0.3 is 47.3 Å². The molecule has 2 aromatic heterocycles. The third-order valence-electron chi connectivity index (χ3n) is 14.9. The third kappa shape index (κ3) is 7.09. The lowest BCUT2D eigenvalue weighted by Gasteiger charge is -2.55. The van der Waals surface area contributed by atoms with E-state index in [1.165, 1.54) is 24.0 Å². The van der Waals surface area contributed by atoms with Crippen LogP contribution in [-0.4, -0.2) is 161 Å². The highest BCUT2D eigenvalue weighted by atomic mass is 19.1. The second-order valence-electron chi connectivity index (χ2n) is 19.4. The first-order valence-electron chi connectivity index (χ1n) is 23.6. The normalized spacial score (nSPS) is 29.0. The van der Waals surface area contributed by atoms with Crippen LogP contribution in [0.5, 0.6) is 0 Å². The lowest BCUT2D eigenvalue weighted by atomic mass is 9.66. The number of morpholine rings is 2. The molecular weight excluding hydrogens is 987 g/mol. The van der Waals surface area contributed by atoms with Gasteiger partial charge in [-0.25, -0.2) is 18.4 Å². The summed E-state index contributed by atoms with van der Waals surface area (Å²) in [5.41, 5.74) is -2.96. The quantitative estimate of drug-likeness (QED) is 0.190. The highest BCUT2D eigenvalue weighted by molar-refractivity contribution is 6.22. The molecule has 2 spiro atoms. The molecule has 10 amide bonds. The van der Waals surface area contributed by atoms with E-state index in [-0.39, 0.29) is 110 Å². The second-order valence-corrected chi connectivity index (χ2v) is 19.4. The number of ether oxygens (including phenoxy) is 6. The zero-order chi connectivity index (χ0) is 52.4. The maximum Gasteiger partial charge on any atom is 0.328 e. The summed E-state index contributed by atoms with van der Waals surface area (Å²) in [5, 5.41) is 17.1. The fourth-order valence-electron chi connectivity index (χ4n) is 12.2. The molecule has 0 unspecified atom stereocenters. The standard InChI is InChI=1S/2C23H24FN5O8/c2*1-9-6-28-16-11(5-23(18(28)10(2)36-9)20(31)25-22(33)26-21(23)32)4-12-17(15(16)24)37-27-19(12)29-13(30)7-35-14(29)8-34-3/h2*4,9-10,14,18H,5-8H2,1-3H3,(H2,25,26,31,32,33)/t9-,10+,14+,18-;9-,10+,14-,18-/m11/s1. The van der Waals surface area contributed by atoms with Crippen LogP contribution in [0.1, 0.15) is 38.8 Å². The molecule has 6 saturated heterocycles. The average molecular weight is 1030 g/mol. The number of rotatable bonds is 6. The number of barbiturate groups is 2. The number of nitrogens with zero attached hydrogens (tertiary/aromatic N) is 6. The summed E-state index contributed by atoms with van der Waals surface area (Å²) >= 11 is 0. The number of amides is 10. The van der Waals surface area contributed by atoms with Gasteiger partial charge in [0.05, 0.1) is 71.9 Å². The Labute approximate surface area is 416 Å². The van der Waals surface area contributed by atoms with Crippen LogP contribution < -0.4 is 40.9 Å². The van der Waals surface area contributed by atoms with Gasteiger partial charge in [0.1, 0.15) is 13.2 Å². The Bertz CT molecular complexity index is 2880. The molecule has 0 radical (unpaired) electrons. The van der Waals surface area contributed by atoms with Crippen molar-refractivity contribution < 1.29 is 84.6 Å². The van der Waals surface area contributed by atoms with Gasteiger partial charge in [-0.15, -0.1) is 0 Å². The molecule has 12 rings (SSSR count). The Hall–Kier alpha value is -7.24. The van der Waals surface area contributed by atoms with Crippen molar-refractivity contribution in [2.75, 3.05) is 73.3 Å². The van der Waals surface area contributed by atoms with Crippen molar-refractivity contribution in [1.82, 2.24) is 31.6 Å². The van der Waals surface area contributed by atoms with Crippen molar-refractivity contribution in [3.05, 3.63) is 34.9 Å². The van der Waals surface area contributed by atoms with E-state index >= 15 is 8.78 Å². The van der Waals surface area contributed by atoms with Crippen LogP contribution in [0.4, 0.5) is 41.4 Å². The highest BCUT2D eigenvalue weighted by Gasteiger charge is 2.65. The lowest BCUT2D eigenvalue weighted by Crippen LogP contribution is -2.75. The predicted octanol–water partition coefficient (Wildman–Crippen LogP) is 0.387. The minimum Gasteiger partial charge on any atom is -0.380 e. The molecule has 4 aromatic rings. The van der Waals surface area contributed by atoms with Crippen molar-refractivity contribution in [3.8, 4) is 0 Å². The van der Waals surface area contributed by atoms with Crippen LogP contribution >= 0.6 is 0 Å². The Balaban J connectivity index is 0.000000159. The number of anilines is 4. The number of nitrogens with one attached hydrogen (secondary N) is 4. The van der Waals surface area contributed by atoms with Crippen LogP contribution in [0.15, 0.2) is 21.2 Å². The van der Waals surface area contributed by atoms with Crippen LogP contribution in [0.3, 0.4) is 0 Å². The van der Waals surface area contributed by atoms with E-state index in [4.69, 9.17) is 37.5 Å². The monoisotopic (exact) mass is 1030 g/mol. The van der Waals surface area contributed by atoms with Crippen molar-refractivity contribution in [2.45, 2.75) is 89.5 Å². The summed E-state index contributed by atoms with van der Waals surface area (Å²) in [7, 11) is 2.90. The smallest absolute Gasteiger partial charge is 0.328 e. The Kier molecular flexibility index (Phi) is 11.7. The van der Waals surface area contributed by atoms with E-state index in [1.54, 1.807) is 49.6 Å². The number of methoxy groups -OCH3 is 2. The summed E-state index contributed by atoms with van der Waals surface area (Å²) in [6, 6.07) is -0.522. The van der Waals surface area contributed by atoms with Gasteiger partial charge in [-0.1, -0.05) is 10.3 Å². The van der Waals surface area contributed by atoms with Gasteiger partial charge in [0, 0.05) is 40.2 Å². The Morgan fingerprint density at radius 3 is 1.32 bits per heavy atom. The molecule has 8 aliphatic heterocycles. The summed E-state index contributed by atoms with van der Waals surface area (Å²) in [6.07, 6.45) is -4.03. The number of hydrogen-bond acceptors (Lipinski definition) is 20. The van der Waals surface area contributed by atoms with E-state index in [0.29, 0.717) is 11.1 Å². The average Bonchev–Trinajstić information content (AvgIpc) is 4.13. The van der Waals surface area contributed by atoms with Crippen LogP contribution in [0.25, 0.3) is 21.9 Å². The van der Waals surface area contributed by atoms with Gasteiger partial charge in [0.15, 0.2) is 46.6 Å². The number of carbonyl (C=O) groups excluding carboxylic acids is 8. The SMILES string of the molecule is COC[C@@H]1OCC(=O)N1c1noc2c(F)c3c(cc12)CC1(C(=O)NC(=O)NC1=O)[C@H]1[C@H](C)O[C@H](C)CN31.COC[C@H]1OCC(=O)N1c1noc2c(F)c3c(cc12)CC1(C(=O)NC(=O)NC1=O)[C@H]1[C@H](C)O[C@H](C)CN31. The minimum absolute atomic E-state index is 0.0360. The number of fused-ring (bicyclic) bond motifs is 10. The zero-order valence-corrected chi connectivity index (χ0v) is 40.4. The number of benzene rings is 2. The van der Waals surface area contributed by atoms with E-state index in [9.17, 15) is 38.4 Å². The van der Waals surface area contributed by atoms with Crippen molar-refractivity contribution in [2.24, 2.45) is 10.8 Å². The first-order chi connectivity index (χ1) is 35.3. The van der Waals surface area contributed by atoms with Crippen LogP contribution in [0, 0.1) is 22.5 Å². The van der Waals surface area contributed by atoms with Crippen molar-refractivity contribution >= 4 is 92.5 Å². The molecule has 28 heteroatoms. The number of hydrogen-bond donors (Lipinski definition) is 4. The molecule has 74 heavy (non-hydrogen) atoms. The summed E-state index contributed by atoms with van der Waals surface area (Å²) < 4.78 is 76.3. The molecule has 0 saturated carbocycles. The second kappa shape index (κ2) is 17.7. The largest absolute Gasteiger partial charge is 0.380 e. The summed E-state index contributed by atoms with van der Waals surface area (Å²) in [5.74, 6) is -5.39. The number of imide groups is 4. The number of urea groups is 2. The van der Waals surface area contributed by atoms with E-state index in [0.717, 1.165) is 0 Å². The molecule has 10 heterocycles. The number of carbonyl (C=O) groups is 8.